The van der Waals surface area contributed by atoms with Gasteiger partial charge in [-0.25, -0.2) is 0 Å². The predicted molar refractivity (Wildman–Crippen MR) is 115 cm³/mol. The van der Waals surface area contributed by atoms with Crippen LogP contribution >= 0.6 is 23.8 Å². The average molecular weight is 472 g/mol. The number of ether oxygens (including phenoxy) is 4. The van der Waals surface area contributed by atoms with Crippen LogP contribution in [0.4, 0.5) is 14.5 Å². The van der Waals surface area contributed by atoms with Crippen LogP contribution in [0.15, 0.2) is 36.4 Å². The van der Waals surface area contributed by atoms with Crippen molar-refractivity contribution in [3.8, 4) is 11.5 Å². The molecule has 1 aliphatic heterocycles. The van der Waals surface area contributed by atoms with Crippen molar-refractivity contribution in [3.05, 3.63) is 52.5 Å². The van der Waals surface area contributed by atoms with Gasteiger partial charge in [-0.2, -0.15) is 8.78 Å². The van der Waals surface area contributed by atoms with E-state index in [-0.39, 0.29) is 35.1 Å². The van der Waals surface area contributed by atoms with Gasteiger partial charge in [0.1, 0.15) is 17.2 Å². The summed E-state index contributed by atoms with van der Waals surface area (Å²) in [5.74, 6) is -0.584. The molecular formula is C21H20ClF2NO5S. The van der Waals surface area contributed by atoms with Crippen molar-refractivity contribution in [1.29, 1.82) is 0 Å². The molecule has 2 unspecified atom stereocenters. The third-order valence-electron chi connectivity index (χ3n) is 4.52. The van der Waals surface area contributed by atoms with Crippen LogP contribution in [-0.2, 0) is 14.3 Å². The molecule has 6 nitrogen and oxygen atoms in total. The number of halogens is 3. The summed E-state index contributed by atoms with van der Waals surface area (Å²) in [4.78, 5) is 12.3. The number of nitrogens with one attached hydrogen (secondary N) is 1. The molecule has 1 heterocycles. The zero-order valence-electron chi connectivity index (χ0n) is 16.7. The van der Waals surface area contributed by atoms with Crippen LogP contribution in [0, 0.1) is 0 Å². The molecule has 0 aromatic heterocycles. The molecule has 0 amide bonds. The fourth-order valence-corrected chi connectivity index (χ4v) is 3.67. The number of hydrogen-bond acceptors (Lipinski definition) is 6. The lowest BCUT2D eigenvalue weighted by molar-refractivity contribution is -0.145. The van der Waals surface area contributed by atoms with Gasteiger partial charge in [0.2, 0.25) is 0 Å². The summed E-state index contributed by atoms with van der Waals surface area (Å²) in [6, 6.07) is 9.68. The number of fused-ring (bicyclic) bond motifs is 1. The molecule has 0 saturated carbocycles. The van der Waals surface area contributed by atoms with Crippen LogP contribution in [-0.4, -0.2) is 37.4 Å². The van der Waals surface area contributed by atoms with E-state index in [1.54, 1.807) is 37.3 Å². The first kappa shape index (κ1) is 23.2. The lowest BCUT2D eigenvalue weighted by atomic mass is 9.98. The van der Waals surface area contributed by atoms with Gasteiger partial charge in [0.25, 0.3) is 0 Å². The van der Waals surface area contributed by atoms with E-state index in [1.165, 1.54) is 13.2 Å². The van der Waals surface area contributed by atoms with Gasteiger partial charge in [-0.15, -0.1) is 0 Å². The van der Waals surface area contributed by atoms with Crippen molar-refractivity contribution < 1.29 is 32.5 Å². The molecule has 0 aliphatic carbocycles. The summed E-state index contributed by atoms with van der Waals surface area (Å²) in [7, 11) is 1.34. The molecule has 1 N–H and O–H groups in total. The van der Waals surface area contributed by atoms with Crippen LogP contribution in [0.5, 0.6) is 11.5 Å². The van der Waals surface area contributed by atoms with E-state index in [4.69, 9.17) is 42.8 Å². The Balaban J connectivity index is 2.13. The van der Waals surface area contributed by atoms with Crippen molar-refractivity contribution >= 4 is 40.5 Å². The van der Waals surface area contributed by atoms with Gasteiger partial charge in [-0.05, 0) is 31.2 Å². The van der Waals surface area contributed by atoms with Crippen molar-refractivity contribution in [1.82, 2.24) is 0 Å². The quantitative estimate of drug-likeness (QED) is 0.443. The number of esters is 1. The van der Waals surface area contributed by atoms with Crippen molar-refractivity contribution in [2.75, 3.05) is 19.0 Å². The topological polar surface area (TPSA) is 66.0 Å². The minimum absolute atomic E-state index is 0.103. The normalized spacial score (nSPS) is 18.1. The fraction of sp³-hybridized carbons (Fsp3) is 0.333. The average Bonchev–Trinajstić information content (AvgIpc) is 2.84. The SMILES string of the molecule is CCOC(=O)CC1OC(c2cccc(OC)c2OC(F)F)c2cc(Cl)ccc2NC1=S. The number of carbonyl (C=O) groups excluding carboxylic acids is 1. The van der Waals surface area contributed by atoms with Crippen LogP contribution in [0.2, 0.25) is 5.02 Å². The third-order valence-corrected chi connectivity index (χ3v) is 5.12. The number of hydrogen-bond donors (Lipinski definition) is 1. The Hall–Kier alpha value is -2.49. The molecule has 2 atom stereocenters. The molecule has 0 radical (unpaired) electrons. The first-order chi connectivity index (χ1) is 14.8. The van der Waals surface area contributed by atoms with Crippen molar-refractivity contribution in [3.63, 3.8) is 0 Å². The molecule has 2 aromatic carbocycles. The number of benzene rings is 2. The zero-order valence-corrected chi connectivity index (χ0v) is 18.3. The van der Waals surface area contributed by atoms with E-state index in [0.29, 0.717) is 16.3 Å². The molecule has 1 aliphatic rings. The molecule has 2 aromatic rings. The molecule has 31 heavy (non-hydrogen) atoms. The number of rotatable bonds is 7. The summed E-state index contributed by atoms with van der Waals surface area (Å²) >= 11 is 11.6. The molecule has 10 heteroatoms. The maximum Gasteiger partial charge on any atom is 0.387 e. The second-order valence-electron chi connectivity index (χ2n) is 6.49. The van der Waals surface area contributed by atoms with Crippen LogP contribution in [0.25, 0.3) is 0 Å². The van der Waals surface area contributed by atoms with E-state index in [1.807, 2.05) is 0 Å². The Kier molecular flexibility index (Phi) is 7.64. The minimum Gasteiger partial charge on any atom is -0.493 e. The Labute approximate surface area is 188 Å². The van der Waals surface area contributed by atoms with Gasteiger partial charge in [-0.1, -0.05) is 36.0 Å². The summed E-state index contributed by atoms with van der Waals surface area (Å²) in [6.45, 7) is -1.20. The van der Waals surface area contributed by atoms with E-state index >= 15 is 0 Å². The summed E-state index contributed by atoms with van der Waals surface area (Å²) < 4.78 is 47.6. The van der Waals surface area contributed by atoms with Crippen molar-refractivity contribution in [2.45, 2.75) is 32.2 Å². The van der Waals surface area contributed by atoms with Gasteiger partial charge < -0.3 is 24.3 Å². The number of para-hydroxylation sites is 1. The second kappa shape index (κ2) is 10.2. The first-order valence-corrected chi connectivity index (χ1v) is 10.2. The first-order valence-electron chi connectivity index (χ1n) is 9.37. The fourth-order valence-electron chi connectivity index (χ4n) is 3.25. The highest BCUT2D eigenvalue weighted by Crippen LogP contribution is 2.44. The second-order valence-corrected chi connectivity index (χ2v) is 7.37. The smallest absolute Gasteiger partial charge is 0.387 e. The predicted octanol–water partition coefficient (Wildman–Crippen LogP) is 5.13. The summed E-state index contributed by atoms with van der Waals surface area (Å²) in [5.41, 5.74) is 1.37. The molecule has 3 rings (SSSR count). The number of thiocarbonyl (C=S) groups is 1. The van der Waals surface area contributed by atoms with Gasteiger partial charge in [0, 0.05) is 21.8 Å². The molecule has 0 saturated heterocycles. The van der Waals surface area contributed by atoms with E-state index in [9.17, 15) is 13.6 Å². The summed E-state index contributed by atoms with van der Waals surface area (Å²) in [5, 5.41) is 3.46. The van der Waals surface area contributed by atoms with E-state index in [2.05, 4.69) is 5.32 Å². The Morgan fingerprint density at radius 3 is 2.74 bits per heavy atom. The number of methoxy groups -OCH3 is 1. The Morgan fingerprint density at radius 2 is 2.06 bits per heavy atom. The molecular weight excluding hydrogens is 452 g/mol. The molecule has 0 spiro atoms. The number of alkyl halides is 2. The monoisotopic (exact) mass is 471 g/mol. The Morgan fingerprint density at radius 1 is 1.29 bits per heavy atom. The molecule has 166 valence electrons. The largest absolute Gasteiger partial charge is 0.493 e. The molecule has 0 bridgehead atoms. The summed E-state index contributed by atoms with van der Waals surface area (Å²) in [6.07, 6.45) is -1.98. The van der Waals surface area contributed by atoms with Crippen LogP contribution in [0.1, 0.15) is 30.6 Å². The van der Waals surface area contributed by atoms with Crippen LogP contribution < -0.4 is 14.8 Å². The maximum atomic E-state index is 13.2. The highest BCUT2D eigenvalue weighted by molar-refractivity contribution is 7.80. The van der Waals surface area contributed by atoms with Gasteiger partial charge in [-0.3, -0.25) is 4.79 Å². The van der Waals surface area contributed by atoms with E-state index in [0.717, 1.165) is 0 Å². The van der Waals surface area contributed by atoms with Gasteiger partial charge in [0.05, 0.1) is 20.1 Å². The maximum absolute atomic E-state index is 13.2. The Bertz CT molecular complexity index is 975. The van der Waals surface area contributed by atoms with Gasteiger partial charge in [0.15, 0.2) is 11.5 Å². The van der Waals surface area contributed by atoms with Crippen molar-refractivity contribution in [2.24, 2.45) is 0 Å². The highest BCUT2D eigenvalue weighted by Gasteiger charge is 2.34. The number of anilines is 1. The van der Waals surface area contributed by atoms with Crippen LogP contribution in [0.3, 0.4) is 0 Å². The molecule has 0 fully saturated rings. The zero-order chi connectivity index (χ0) is 22.5. The highest BCUT2D eigenvalue weighted by atomic mass is 35.5. The number of carbonyl (C=O) groups is 1. The third kappa shape index (κ3) is 5.41. The van der Waals surface area contributed by atoms with E-state index < -0.39 is 24.8 Å². The standard InChI is InChI=1S/C21H20ClF2NO5S/c1-3-28-17(26)10-16-20(31)25-14-8-7-11(22)9-13(14)18(29-16)12-5-4-6-15(27-2)19(12)30-21(23)24/h4-9,16,18,21H,3,10H2,1-2H3,(H,25,31). The minimum atomic E-state index is -3.09. The lowest BCUT2D eigenvalue weighted by Gasteiger charge is -2.25. The lowest BCUT2D eigenvalue weighted by Crippen LogP contribution is -2.31. The van der Waals surface area contributed by atoms with Gasteiger partial charge >= 0.3 is 12.6 Å².